The molecule has 0 unspecified atom stereocenters. The zero-order valence-corrected chi connectivity index (χ0v) is 27.1. The smallest absolute Gasteiger partial charge is 0.410 e. The molecule has 246 valence electrons. The number of methoxy groups -OCH3 is 1. The quantitative estimate of drug-likeness (QED) is 0.255. The summed E-state index contributed by atoms with van der Waals surface area (Å²) in [5.41, 5.74) is 2.56. The highest BCUT2D eigenvalue weighted by molar-refractivity contribution is 7.90. The highest BCUT2D eigenvalue weighted by Crippen LogP contribution is 2.36. The molecule has 2 fully saturated rings. The molecule has 14 heteroatoms. The zero-order chi connectivity index (χ0) is 32.9. The van der Waals surface area contributed by atoms with E-state index in [-0.39, 0.29) is 29.5 Å². The van der Waals surface area contributed by atoms with Crippen molar-refractivity contribution < 1.29 is 27.4 Å². The molecule has 1 aromatic heterocycles. The minimum atomic E-state index is -3.46. The Bertz CT molecular complexity index is 1820. The molecule has 2 aliphatic heterocycles. The molecule has 4 aromatic rings. The second-order valence-electron chi connectivity index (χ2n) is 11.5. The van der Waals surface area contributed by atoms with Gasteiger partial charge in [-0.2, -0.15) is 4.98 Å². The molecule has 2 saturated heterocycles. The maximum absolute atomic E-state index is 12.8. The number of para-hydroxylation sites is 1. The fraction of sp³-hybridized carbons (Fsp3) is 0.333. The van der Waals surface area contributed by atoms with Gasteiger partial charge in [0.25, 0.3) is 0 Å². The lowest BCUT2D eigenvalue weighted by Crippen LogP contribution is -2.58. The van der Waals surface area contributed by atoms with Crippen LogP contribution in [0.4, 0.5) is 33.8 Å². The van der Waals surface area contributed by atoms with Gasteiger partial charge in [0.05, 0.1) is 42.1 Å². The average molecular weight is 660 g/mol. The van der Waals surface area contributed by atoms with Crippen LogP contribution in [-0.4, -0.2) is 86.1 Å². The third-order valence-electron chi connectivity index (χ3n) is 8.29. The number of amides is 1. The fourth-order valence-electron chi connectivity index (χ4n) is 5.82. The molecule has 0 saturated carbocycles. The van der Waals surface area contributed by atoms with E-state index in [0.29, 0.717) is 36.8 Å². The second kappa shape index (κ2) is 13.8. The first kappa shape index (κ1) is 32.0. The lowest BCUT2D eigenvalue weighted by molar-refractivity contribution is -0.115. The van der Waals surface area contributed by atoms with Gasteiger partial charge in [0.1, 0.15) is 18.7 Å². The van der Waals surface area contributed by atoms with Gasteiger partial charge >= 0.3 is 6.09 Å². The van der Waals surface area contributed by atoms with E-state index in [1.807, 2.05) is 48.5 Å². The number of ether oxygens (including phenoxy) is 3. The van der Waals surface area contributed by atoms with Crippen LogP contribution in [0.15, 0.2) is 84.0 Å². The number of rotatable bonds is 9. The number of nitrogens with zero attached hydrogens (tertiary/aromatic N) is 5. The number of carbonyl (C=O) groups excluding carboxylic acids is 1. The normalized spacial score (nSPS) is 16.0. The van der Waals surface area contributed by atoms with Crippen LogP contribution >= 0.6 is 0 Å². The Morgan fingerprint density at radius 1 is 0.936 bits per heavy atom. The molecular formula is C33H37N7O6S. The van der Waals surface area contributed by atoms with Crippen molar-refractivity contribution in [3.05, 3.63) is 84.7 Å². The number of carbonyl (C=O) groups is 1. The molecule has 2 N–H and O–H groups in total. The van der Waals surface area contributed by atoms with E-state index >= 15 is 0 Å². The topological polar surface area (TPSA) is 148 Å². The molecule has 0 aliphatic carbocycles. The number of piperidine rings is 1. The summed E-state index contributed by atoms with van der Waals surface area (Å²) in [6.07, 6.45) is 3.70. The first-order valence-corrected chi connectivity index (χ1v) is 17.2. The Morgan fingerprint density at radius 3 is 2.36 bits per heavy atom. The van der Waals surface area contributed by atoms with Gasteiger partial charge in [-0.15, -0.1) is 0 Å². The molecule has 0 bridgehead atoms. The molecule has 13 nitrogen and oxygen atoms in total. The Balaban J connectivity index is 1.07. The molecule has 1 spiro atoms. The highest BCUT2D eigenvalue weighted by Gasteiger charge is 2.41. The number of nitrogens with one attached hydrogen (secondary N) is 2. The summed E-state index contributed by atoms with van der Waals surface area (Å²) in [5.74, 6) is 1.04. The largest absolute Gasteiger partial charge is 0.494 e. The van der Waals surface area contributed by atoms with Crippen LogP contribution in [0.1, 0.15) is 18.4 Å². The minimum absolute atomic E-state index is 0.143. The van der Waals surface area contributed by atoms with Gasteiger partial charge in [-0.3, -0.25) is 0 Å². The highest BCUT2D eigenvalue weighted by atomic mass is 32.2. The lowest BCUT2D eigenvalue weighted by atomic mass is 9.89. The SMILES string of the molecule is COc1cc(N2CCC3(CC2)CN(C(=O)OCc2ccccc2)CCO3)ccc1Nc1ncnc(Nc2ccccc2S(C)(=O)=O)n1. The lowest BCUT2D eigenvalue weighted by Gasteiger charge is -2.47. The van der Waals surface area contributed by atoms with Gasteiger partial charge in [0.15, 0.2) is 9.84 Å². The van der Waals surface area contributed by atoms with Gasteiger partial charge in [0.2, 0.25) is 11.9 Å². The Morgan fingerprint density at radius 2 is 1.64 bits per heavy atom. The first-order chi connectivity index (χ1) is 22.7. The molecular weight excluding hydrogens is 622 g/mol. The van der Waals surface area contributed by atoms with Gasteiger partial charge in [0, 0.05) is 37.6 Å². The predicted molar refractivity (Wildman–Crippen MR) is 177 cm³/mol. The van der Waals surface area contributed by atoms with Crippen molar-refractivity contribution >= 4 is 44.9 Å². The molecule has 1 amide bonds. The van der Waals surface area contributed by atoms with E-state index in [1.54, 1.807) is 30.2 Å². The molecule has 0 atom stereocenters. The van der Waals surface area contributed by atoms with Crippen molar-refractivity contribution in [2.75, 3.05) is 61.7 Å². The molecule has 3 aromatic carbocycles. The fourth-order valence-corrected chi connectivity index (χ4v) is 6.66. The number of benzene rings is 3. The molecule has 3 heterocycles. The van der Waals surface area contributed by atoms with Crippen LogP contribution in [-0.2, 0) is 25.9 Å². The summed E-state index contributed by atoms with van der Waals surface area (Å²) in [6, 6.07) is 22.1. The van der Waals surface area contributed by atoms with Crippen LogP contribution in [0, 0.1) is 0 Å². The summed E-state index contributed by atoms with van der Waals surface area (Å²) in [6.45, 7) is 3.24. The number of aromatic nitrogens is 3. The maximum atomic E-state index is 12.8. The van der Waals surface area contributed by atoms with Crippen molar-refractivity contribution in [2.24, 2.45) is 0 Å². The van der Waals surface area contributed by atoms with E-state index < -0.39 is 15.4 Å². The van der Waals surface area contributed by atoms with Crippen LogP contribution in [0.2, 0.25) is 0 Å². The predicted octanol–water partition coefficient (Wildman–Crippen LogP) is 4.78. The van der Waals surface area contributed by atoms with Gasteiger partial charge in [-0.25, -0.2) is 23.2 Å². The number of hydrogen-bond acceptors (Lipinski definition) is 12. The summed E-state index contributed by atoms with van der Waals surface area (Å²) in [4.78, 5) is 29.8. The third-order valence-corrected chi connectivity index (χ3v) is 9.44. The molecule has 6 rings (SSSR count). The first-order valence-electron chi connectivity index (χ1n) is 15.3. The van der Waals surface area contributed by atoms with Crippen LogP contribution in [0.25, 0.3) is 0 Å². The number of anilines is 5. The Hall–Kier alpha value is -4.95. The zero-order valence-electron chi connectivity index (χ0n) is 26.3. The summed E-state index contributed by atoms with van der Waals surface area (Å²) < 4.78 is 42.0. The van der Waals surface area contributed by atoms with E-state index in [2.05, 4.69) is 30.5 Å². The Kier molecular flexibility index (Phi) is 9.41. The second-order valence-corrected chi connectivity index (χ2v) is 13.5. The van der Waals surface area contributed by atoms with Crippen molar-refractivity contribution in [3.63, 3.8) is 0 Å². The maximum Gasteiger partial charge on any atom is 0.410 e. The molecule has 2 aliphatic rings. The van der Waals surface area contributed by atoms with Gasteiger partial charge in [-0.1, -0.05) is 42.5 Å². The minimum Gasteiger partial charge on any atom is -0.494 e. The third kappa shape index (κ3) is 7.72. The van der Waals surface area contributed by atoms with E-state index in [4.69, 9.17) is 14.2 Å². The van der Waals surface area contributed by atoms with Crippen molar-refractivity contribution in [1.29, 1.82) is 0 Å². The summed E-state index contributed by atoms with van der Waals surface area (Å²) in [5, 5.41) is 6.15. The van der Waals surface area contributed by atoms with Crippen molar-refractivity contribution in [2.45, 2.75) is 29.9 Å². The monoisotopic (exact) mass is 659 g/mol. The summed E-state index contributed by atoms with van der Waals surface area (Å²) >= 11 is 0. The number of morpholine rings is 1. The molecule has 47 heavy (non-hydrogen) atoms. The Labute approximate surface area is 273 Å². The van der Waals surface area contributed by atoms with E-state index in [1.165, 1.54) is 12.4 Å². The van der Waals surface area contributed by atoms with Crippen LogP contribution in [0.5, 0.6) is 5.75 Å². The summed E-state index contributed by atoms with van der Waals surface area (Å²) in [7, 11) is -1.86. The van der Waals surface area contributed by atoms with Crippen LogP contribution < -0.4 is 20.3 Å². The van der Waals surface area contributed by atoms with Crippen molar-refractivity contribution in [3.8, 4) is 5.75 Å². The standard InChI is InChI=1S/C33H37N7O6S/c1-44-28-20-25(12-13-26(28)36-30-34-23-35-31(38-30)37-27-10-6-7-11-29(27)47(2,42)43)39-16-14-33(15-17-39)22-40(18-19-46-33)32(41)45-21-24-8-4-3-5-9-24/h3-13,20,23H,14-19,21-22H2,1-2H3,(H2,34,35,36,37,38). The number of hydrogen-bond donors (Lipinski definition) is 2. The van der Waals surface area contributed by atoms with E-state index in [0.717, 1.165) is 43.4 Å². The van der Waals surface area contributed by atoms with Gasteiger partial charge in [-0.05, 0) is 42.7 Å². The number of sulfone groups is 1. The van der Waals surface area contributed by atoms with Crippen molar-refractivity contribution in [1.82, 2.24) is 19.9 Å². The average Bonchev–Trinajstić information content (AvgIpc) is 3.08. The van der Waals surface area contributed by atoms with E-state index in [9.17, 15) is 13.2 Å². The molecule has 0 radical (unpaired) electrons. The van der Waals surface area contributed by atoms with Gasteiger partial charge < -0.3 is 34.6 Å². The van der Waals surface area contributed by atoms with Crippen LogP contribution in [0.3, 0.4) is 0 Å².